The molecule has 158 valence electrons. The van der Waals surface area contributed by atoms with Crippen LogP contribution in [0.4, 0.5) is 10.5 Å². The van der Waals surface area contributed by atoms with Crippen LogP contribution in [0.3, 0.4) is 0 Å². The van der Waals surface area contributed by atoms with Gasteiger partial charge in [0.05, 0.1) is 0 Å². The smallest absolute Gasteiger partial charge is 0.331 e. The van der Waals surface area contributed by atoms with E-state index in [9.17, 15) is 14.4 Å². The summed E-state index contributed by atoms with van der Waals surface area (Å²) >= 11 is 0. The maximum absolute atomic E-state index is 11.9. The first-order valence-electron chi connectivity index (χ1n) is 9.96. The van der Waals surface area contributed by atoms with Gasteiger partial charge in [-0.1, -0.05) is 17.7 Å². The van der Waals surface area contributed by atoms with Gasteiger partial charge >= 0.3 is 12.0 Å². The molecule has 7 nitrogen and oxygen atoms in total. The molecule has 3 rings (SSSR count). The average Bonchev–Trinajstić information content (AvgIpc) is 3.46. The Labute approximate surface area is 176 Å². The van der Waals surface area contributed by atoms with E-state index in [0.29, 0.717) is 11.7 Å². The Kier molecular flexibility index (Phi) is 6.40. The molecule has 0 saturated heterocycles. The van der Waals surface area contributed by atoms with E-state index in [0.717, 1.165) is 28.1 Å². The maximum atomic E-state index is 11.9. The van der Waals surface area contributed by atoms with Crippen LogP contribution in [0.25, 0.3) is 6.08 Å². The van der Waals surface area contributed by atoms with Crippen molar-refractivity contribution in [3.63, 3.8) is 0 Å². The first-order chi connectivity index (χ1) is 14.2. The van der Waals surface area contributed by atoms with Crippen molar-refractivity contribution in [3.8, 4) is 0 Å². The molecule has 1 aromatic carbocycles. The summed E-state index contributed by atoms with van der Waals surface area (Å²) in [6, 6.07) is 7.47. The number of imide groups is 1. The third-order valence-electron chi connectivity index (χ3n) is 5.06. The molecule has 1 aromatic heterocycles. The molecule has 1 aliphatic carbocycles. The molecule has 0 spiro atoms. The minimum absolute atomic E-state index is 0.537. The zero-order valence-corrected chi connectivity index (χ0v) is 17.7. The fourth-order valence-electron chi connectivity index (χ4n) is 3.48. The van der Waals surface area contributed by atoms with Crippen LogP contribution in [0.2, 0.25) is 0 Å². The molecule has 0 bridgehead atoms. The van der Waals surface area contributed by atoms with Crippen LogP contribution in [-0.4, -0.2) is 29.1 Å². The van der Waals surface area contributed by atoms with E-state index in [1.54, 1.807) is 12.1 Å². The Bertz CT molecular complexity index is 1020. The summed E-state index contributed by atoms with van der Waals surface area (Å²) in [5, 5.41) is 4.75. The van der Waals surface area contributed by atoms with E-state index >= 15 is 0 Å². The van der Waals surface area contributed by atoms with Crippen molar-refractivity contribution in [2.45, 2.75) is 46.6 Å². The molecule has 1 aliphatic rings. The van der Waals surface area contributed by atoms with Crippen LogP contribution < -0.4 is 10.6 Å². The summed E-state index contributed by atoms with van der Waals surface area (Å²) in [7, 11) is 0. The summed E-state index contributed by atoms with van der Waals surface area (Å²) < 4.78 is 7.21. The largest absolute Gasteiger partial charge is 0.452 e. The van der Waals surface area contributed by atoms with E-state index in [4.69, 9.17) is 4.74 Å². The number of hydrogen-bond donors (Lipinski definition) is 2. The van der Waals surface area contributed by atoms with Gasteiger partial charge in [-0.25, -0.2) is 9.59 Å². The van der Waals surface area contributed by atoms with Gasteiger partial charge in [-0.15, -0.1) is 0 Å². The molecule has 2 N–H and O–H groups in total. The quantitative estimate of drug-likeness (QED) is 0.558. The number of nitrogens with zero attached hydrogens (tertiary/aromatic N) is 1. The number of esters is 1. The van der Waals surface area contributed by atoms with Crippen molar-refractivity contribution < 1.29 is 19.1 Å². The van der Waals surface area contributed by atoms with E-state index in [-0.39, 0.29) is 0 Å². The van der Waals surface area contributed by atoms with Crippen molar-refractivity contribution >= 4 is 29.7 Å². The topological polar surface area (TPSA) is 89.4 Å². The Balaban J connectivity index is 1.46. The lowest BCUT2D eigenvalue weighted by Crippen LogP contribution is -2.37. The van der Waals surface area contributed by atoms with Crippen molar-refractivity contribution in [2.75, 3.05) is 11.9 Å². The molecule has 7 heteroatoms. The third-order valence-corrected chi connectivity index (χ3v) is 5.06. The van der Waals surface area contributed by atoms with Gasteiger partial charge < -0.3 is 14.6 Å². The van der Waals surface area contributed by atoms with Gasteiger partial charge in [0, 0.05) is 29.2 Å². The van der Waals surface area contributed by atoms with Crippen LogP contribution in [0.5, 0.6) is 0 Å². The fourth-order valence-corrected chi connectivity index (χ4v) is 3.48. The van der Waals surface area contributed by atoms with Crippen molar-refractivity contribution in [3.05, 3.63) is 58.4 Å². The van der Waals surface area contributed by atoms with Gasteiger partial charge in [0.1, 0.15) is 0 Å². The maximum Gasteiger partial charge on any atom is 0.331 e. The van der Waals surface area contributed by atoms with Gasteiger partial charge in [0.25, 0.3) is 5.91 Å². The van der Waals surface area contributed by atoms with E-state index in [1.165, 1.54) is 18.9 Å². The summed E-state index contributed by atoms with van der Waals surface area (Å²) in [6.45, 7) is 7.35. The number of benzene rings is 1. The van der Waals surface area contributed by atoms with Crippen LogP contribution in [0.15, 0.2) is 30.3 Å². The number of carbonyl (C=O) groups excluding carboxylic acids is 3. The molecule has 0 unspecified atom stereocenters. The van der Waals surface area contributed by atoms with Crippen LogP contribution in [0, 0.1) is 27.7 Å². The first kappa shape index (κ1) is 21.4. The fraction of sp³-hybridized carbons (Fsp3) is 0.348. The Hall–Kier alpha value is -3.35. The number of aryl methyl sites for hydroxylation is 3. The molecule has 1 fully saturated rings. The minimum Gasteiger partial charge on any atom is -0.452 e. The zero-order valence-electron chi connectivity index (χ0n) is 17.7. The van der Waals surface area contributed by atoms with Gasteiger partial charge in [-0.3, -0.25) is 10.1 Å². The molecule has 0 aliphatic heterocycles. The highest BCUT2D eigenvalue weighted by atomic mass is 16.5. The molecular weight excluding hydrogens is 382 g/mol. The molecule has 1 heterocycles. The third kappa shape index (κ3) is 5.37. The summed E-state index contributed by atoms with van der Waals surface area (Å²) in [5.74, 6) is -1.35. The van der Waals surface area contributed by atoms with Gasteiger partial charge in [-0.05, 0) is 69.9 Å². The van der Waals surface area contributed by atoms with E-state index < -0.39 is 24.5 Å². The lowest BCUT2D eigenvalue weighted by atomic mass is 10.1. The number of anilines is 1. The highest BCUT2D eigenvalue weighted by Gasteiger charge is 2.26. The van der Waals surface area contributed by atoms with E-state index in [2.05, 4.69) is 22.1 Å². The molecule has 3 amide bonds. The predicted octanol–water partition coefficient (Wildman–Crippen LogP) is 3.96. The summed E-state index contributed by atoms with van der Waals surface area (Å²) in [5.41, 5.74) is 5.79. The molecule has 0 atom stereocenters. The molecule has 30 heavy (non-hydrogen) atoms. The molecule has 2 aromatic rings. The number of nitrogens with one attached hydrogen (secondary N) is 2. The second kappa shape index (κ2) is 8.98. The number of ether oxygens (including phenoxy) is 1. The lowest BCUT2D eigenvalue weighted by Gasteiger charge is -2.09. The van der Waals surface area contributed by atoms with Crippen LogP contribution >= 0.6 is 0 Å². The number of amides is 3. The Morgan fingerprint density at radius 2 is 1.87 bits per heavy atom. The SMILES string of the molecule is Cc1ccc(NC(=O)NC(=O)COC(=O)/C=C/c2cc(C)n(C3CC3)c2C)c(C)c1. The number of urea groups is 1. The van der Waals surface area contributed by atoms with Crippen molar-refractivity contribution in [1.82, 2.24) is 9.88 Å². The zero-order chi connectivity index (χ0) is 21.8. The van der Waals surface area contributed by atoms with Gasteiger partial charge in [0.2, 0.25) is 0 Å². The van der Waals surface area contributed by atoms with Gasteiger partial charge in [-0.2, -0.15) is 0 Å². The normalized spacial score (nSPS) is 13.3. The number of hydrogen-bond acceptors (Lipinski definition) is 4. The predicted molar refractivity (Wildman–Crippen MR) is 115 cm³/mol. The van der Waals surface area contributed by atoms with Gasteiger partial charge in [0.15, 0.2) is 6.61 Å². The Morgan fingerprint density at radius 1 is 1.13 bits per heavy atom. The van der Waals surface area contributed by atoms with Crippen LogP contribution in [0.1, 0.15) is 47.0 Å². The summed E-state index contributed by atoms with van der Waals surface area (Å²) in [4.78, 5) is 35.7. The molecule has 0 radical (unpaired) electrons. The second-order valence-corrected chi connectivity index (χ2v) is 7.69. The number of carbonyl (C=O) groups is 3. The van der Waals surface area contributed by atoms with Crippen LogP contribution in [-0.2, 0) is 14.3 Å². The standard InChI is InChI=1S/C23H27N3O4/c1-14-5-9-20(15(2)11-14)24-23(29)25-21(27)13-30-22(28)10-6-18-12-16(3)26(17(18)4)19-7-8-19/h5-6,9-12,19H,7-8,13H2,1-4H3,(H2,24,25,27,29)/b10-6+. The highest BCUT2D eigenvalue weighted by Crippen LogP contribution is 2.38. The van der Waals surface area contributed by atoms with E-state index in [1.807, 2.05) is 39.0 Å². The summed E-state index contributed by atoms with van der Waals surface area (Å²) in [6.07, 6.45) is 5.36. The average molecular weight is 409 g/mol. The first-order valence-corrected chi connectivity index (χ1v) is 9.96. The number of rotatable bonds is 6. The Morgan fingerprint density at radius 3 is 2.53 bits per heavy atom. The minimum atomic E-state index is -0.703. The lowest BCUT2D eigenvalue weighted by molar-refractivity contribution is -0.143. The monoisotopic (exact) mass is 409 g/mol. The second-order valence-electron chi connectivity index (χ2n) is 7.69. The number of aromatic nitrogens is 1. The van der Waals surface area contributed by atoms with Crippen molar-refractivity contribution in [2.24, 2.45) is 0 Å². The van der Waals surface area contributed by atoms with Crippen molar-refractivity contribution in [1.29, 1.82) is 0 Å². The molecular formula is C23H27N3O4. The molecule has 1 saturated carbocycles. The highest BCUT2D eigenvalue weighted by molar-refractivity contribution is 6.02.